The van der Waals surface area contributed by atoms with Gasteiger partial charge in [0.2, 0.25) is 0 Å². The van der Waals surface area contributed by atoms with Gasteiger partial charge in [0.05, 0.1) is 5.69 Å². The Labute approximate surface area is 129 Å². The van der Waals surface area contributed by atoms with E-state index in [4.69, 9.17) is 11.6 Å². The van der Waals surface area contributed by atoms with Crippen molar-refractivity contribution < 1.29 is 12.8 Å². The van der Waals surface area contributed by atoms with E-state index >= 15 is 0 Å². The van der Waals surface area contributed by atoms with Crippen molar-refractivity contribution in [2.24, 2.45) is 0 Å². The van der Waals surface area contributed by atoms with Crippen LogP contribution >= 0.6 is 27.5 Å². The van der Waals surface area contributed by atoms with Gasteiger partial charge in [0, 0.05) is 17.7 Å². The fraction of sp³-hybridized carbons (Fsp3) is 0.0833. The summed E-state index contributed by atoms with van der Waals surface area (Å²) in [6, 6.07) is 6.62. The van der Waals surface area contributed by atoms with Gasteiger partial charge in [0.1, 0.15) is 15.9 Å². The molecule has 1 aromatic heterocycles. The van der Waals surface area contributed by atoms with E-state index in [1.165, 1.54) is 37.5 Å². The summed E-state index contributed by atoms with van der Waals surface area (Å²) in [5, 5.41) is -0.142. The number of sulfonamides is 1. The third-order valence-electron chi connectivity index (χ3n) is 2.58. The summed E-state index contributed by atoms with van der Waals surface area (Å²) in [4.78, 5) is 3.62. The van der Waals surface area contributed by atoms with Crippen molar-refractivity contribution in [2.75, 3.05) is 11.4 Å². The van der Waals surface area contributed by atoms with Crippen LogP contribution in [0.2, 0.25) is 5.15 Å². The zero-order valence-corrected chi connectivity index (χ0v) is 13.4. The Bertz CT molecular complexity index is 755. The summed E-state index contributed by atoms with van der Waals surface area (Å²) in [5.74, 6) is -0.525. The maximum atomic E-state index is 13.2. The molecule has 0 atom stereocenters. The van der Waals surface area contributed by atoms with Gasteiger partial charge in [-0.3, -0.25) is 4.31 Å². The first kappa shape index (κ1) is 15.2. The number of benzene rings is 1. The lowest BCUT2D eigenvalue weighted by atomic mass is 10.3. The molecule has 0 aliphatic carbocycles. The highest BCUT2D eigenvalue weighted by Crippen LogP contribution is 2.28. The molecule has 0 aliphatic rings. The predicted molar refractivity (Wildman–Crippen MR) is 78.9 cm³/mol. The second kappa shape index (κ2) is 5.67. The molecule has 0 spiro atoms. The summed E-state index contributed by atoms with van der Waals surface area (Å²) in [6.45, 7) is 0. The molecule has 2 rings (SSSR count). The van der Waals surface area contributed by atoms with Crippen molar-refractivity contribution in [3.63, 3.8) is 0 Å². The van der Waals surface area contributed by atoms with E-state index in [1.54, 1.807) is 0 Å². The van der Waals surface area contributed by atoms with Gasteiger partial charge in [-0.2, -0.15) is 0 Å². The highest BCUT2D eigenvalue weighted by Gasteiger charge is 2.25. The highest BCUT2D eigenvalue weighted by atomic mass is 79.9. The van der Waals surface area contributed by atoms with Gasteiger partial charge in [-0.25, -0.2) is 17.8 Å². The number of rotatable bonds is 3. The van der Waals surface area contributed by atoms with Gasteiger partial charge in [-0.05, 0) is 40.2 Å². The summed E-state index contributed by atoms with van der Waals surface area (Å²) in [5.41, 5.74) is 0.195. The lowest BCUT2D eigenvalue weighted by Crippen LogP contribution is -2.27. The molecule has 2 aromatic rings. The quantitative estimate of drug-likeness (QED) is 0.767. The molecule has 0 radical (unpaired) electrons. The smallest absolute Gasteiger partial charge is 0.267 e. The maximum absolute atomic E-state index is 13.2. The summed E-state index contributed by atoms with van der Waals surface area (Å²) in [7, 11) is -2.60. The number of halogens is 3. The number of anilines is 1. The summed E-state index contributed by atoms with van der Waals surface area (Å²) < 4.78 is 39.6. The Hall–Kier alpha value is -1.18. The highest BCUT2D eigenvalue weighted by molar-refractivity contribution is 9.10. The zero-order chi connectivity index (χ0) is 14.9. The molecular weight excluding hydrogens is 371 g/mol. The van der Waals surface area contributed by atoms with E-state index in [0.29, 0.717) is 4.47 Å². The molecule has 0 N–H and O–H groups in total. The fourth-order valence-corrected chi connectivity index (χ4v) is 3.65. The van der Waals surface area contributed by atoms with Gasteiger partial charge in [0.15, 0.2) is 0 Å². The van der Waals surface area contributed by atoms with Crippen LogP contribution in [0.5, 0.6) is 0 Å². The fourth-order valence-electron chi connectivity index (χ4n) is 1.54. The van der Waals surface area contributed by atoms with Crippen LogP contribution in [0, 0.1) is 5.82 Å². The SMILES string of the molecule is CN(c1cccc(F)c1)S(=O)(=O)c1cc(Br)cnc1Cl. The molecule has 0 amide bonds. The summed E-state index contributed by atoms with van der Waals surface area (Å²) in [6.07, 6.45) is 1.39. The van der Waals surface area contributed by atoms with Crippen molar-refractivity contribution in [3.05, 3.63) is 52.0 Å². The van der Waals surface area contributed by atoms with Crippen LogP contribution in [0.25, 0.3) is 0 Å². The number of pyridine rings is 1. The molecule has 1 aromatic carbocycles. The molecule has 106 valence electrons. The largest absolute Gasteiger partial charge is 0.269 e. The third kappa shape index (κ3) is 2.94. The van der Waals surface area contributed by atoms with Crippen molar-refractivity contribution >= 4 is 43.2 Å². The van der Waals surface area contributed by atoms with E-state index < -0.39 is 15.8 Å². The zero-order valence-electron chi connectivity index (χ0n) is 10.2. The molecule has 0 bridgehead atoms. The van der Waals surface area contributed by atoms with Crippen LogP contribution in [-0.2, 0) is 10.0 Å². The Kier molecular flexibility index (Phi) is 4.31. The van der Waals surface area contributed by atoms with Gasteiger partial charge >= 0.3 is 0 Å². The molecule has 0 aliphatic heterocycles. The van der Waals surface area contributed by atoms with E-state index in [1.807, 2.05) is 0 Å². The van der Waals surface area contributed by atoms with Crippen LogP contribution < -0.4 is 4.31 Å². The van der Waals surface area contributed by atoms with E-state index in [9.17, 15) is 12.8 Å². The van der Waals surface area contributed by atoms with Gasteiger partial charge < -0.3 is 0 Å². The minimum Gasteiger partial charge on any atom is -0.269 e. The minimum absolute atomic E-state index is 0.142. The molecule has 0 saturated carbocycles. The lowest BCUT2D eigenvalue weighted by Gasteiger charge is -2.20. The average Bonchev–Trinajstić information content (AvgIpc) is 2.40. The molecule has 0 saturated heterocycles. The van der Waals surface area contributed by atoms with E-state index in [2.05, 4.69) is 20.9 Å². The topological polar surface area (TPSA) is 50.3 Å². The predicted octanol–water partition coefficient (Wildman–Crippen LogP) is 3.46. The van der Waals surface area contributed by atoms with Crippen molar-refractivity contribution in [1.82, 2.24) is 4.98 Å². The number of hydrogen-bond donors (Lipinski definition) is 0. The maximum Gasteiger partial charge on any atom is 0.267 e. The molecular formula is C12H9BrClFN2O2S. The van der Waals surface area contributed by atoms with Crippen LogP contribution in [-0.4, -0.2) is 20.4 Å². The van der Waals surface area contributed by atoms with E-state index in [0.717, 1.165) is 10.4 Å². The first-order valence-corrected chi connectivity index (χ1v) is 7.99. The molecule has 0 fully saturated rings. The van der Waals surface area contributed by atoms with Gasteiger partial charge in [-0.15, -0.1) is 0 Å². The first-order valence-electron chi connectivity index (χ1n) is 5.38. The minimum atomic E-state index is -3.92. The standard InChI is InChI=1S/C12H9BrClFN2O2S/c1-17(10-4-2-3-9(15)6-10)20(18,19)11-5-8(13)7-16-12(11)14/h2-7H,1H3. The first-order chi connectivity index (χ1) is 9.32. The average molecular weight is 380 g/mol. The monoisotopic (exact) mass is 378 g/mol. The number of aromatic nitrogens is 1. The van der Waals surface area contributed by atoms with Gasteiger partial charge in [-0.1, -0.05) is 17.7 Å². The lowest BCUT2D eigenvalue weighted by molar-refractivity contribution is 0.593. The molecule has 8 heteroatoms. The molecule has 1 heterocycles. The normalized spacial score (nSPS) is 11.4. The van der Waals surface area contributed by atoms with Crippen LogP contribution in [0.1, 0.15) is 0 Å². The second-order valence-corrected chi connectivity index (χ2v) is 7.11. The Morgan fingerprint density at radius 2 is 2.05 bits per heavy atom. The van der Waals surface area contributed by atoms with Crippen molar-refractivity contribution in [3.8, 4) is 0 Å². The van der Waals surface area contributed by atoms with Crippen LogP contribution in [0.15, 0.2) is 45.9 Å². The Balaban J connectivity index is 2.52. The van der Waals surface area contributed by atoms with E-state index in [-0.39, 0.29) is 15.7 Å². The van der Waals surface area contributed by atoms with Gasteiger partial charge in [0.25, 0.3) is 10.0 Å². The number of nitrogens with zero attached hydrogens (tertiary/aromatic N) is 2. The molecule has 4 nitrogen and oxygen atoms in total. The second-order valence-electron chi connectivity index (χ2n) is 3.89. The molecule has 0 unspecified atom stereocenters. The third-order valence-corrected chi connectivity index (χ3v) is 5.23. The van der Waals surface area contributed by atoms with Crippen molar-refractivity contribution in [1.29, 1.82) is 0 Å². The molecule has 20 heavy (non-hydrogen) atoms. The summed E-state index contributed by atoms with van der Waals surface area (Å²) >= 11 is 8.97. The van der Waals surface area contributed by atoms with Crippen LogP contribution in [0.3, 0.4) is 0 Å². The Morgan fingerprint density at radius 1 is 1.35 bits per heavy atom. The van der Waals surface area contributed by atoms with Crippen molar-refractivity contribution in [2.45, 2.75) is 4.90 Å². The Morgan fingerprint density at radius 3 is 2.70 bits per heavy atom. The van der Waals surface area contributed by atoms with Crippen LogP contribution in [0.4, 0.5) is 10.1 Å². The number of hydrogen-bond acceptors (Lipinski definition) is 3.